The predicted molar refractivity (Wildman–Crippen MR) is 75.9 cm³/mol. The van der Waals surface area contributed by atoms with Crippen LogP contribution in [0.4, 0.5) is 0 Å². The molecule has 0 spiro atoms. The maximum absolute atomic E-state index is 11.2. The Morgan fingerprint density at radius 1 is 1.40 bits per heavy atom. The summed E-state index contributed by atoms with van der Waals surface area (Å²) in [5.41, 5.74) is 1.89. The average Bonchev–Trinajstić information content (AvgIpc) is 2.81. The molecule has 0 saturated carbocycles. The van der Waals surface area contributed by atoms with Crippen LogP contribution >= 0.6 is 11.6 Å². The zero-order valence-electron chi connectivity index (χ0n) is 11.0. The lowest BCUT2D eigenvalue weighted by Gasteiger charge is -2.08. The van der Waals surface area contributed by atoms with Gasteiger partial charge < -0.3 is 9.84 Å². The van der Waals surface area contributed by atoms with Crippen molar-refractivity contribution in [2.24, 2.45) is 0 Å². The highest BCUT2D eigenvalue weighted by atomic mass is 35.5. The molecule has 1 aromatic heterocycles. The van der Waals surface area contributed by atoms with Gasteiger partial charge in [-0.05, 0) is 36.8 Å². The summed E-state index contributed by atoms with van der Waals surface area (Å²) in [7, 11) is 1.25. The van der Waals surface area contributed by atoms with Crippen LogP contribution in [0.1, 0.15) is 11.3 Å². The van der Waals surface area contributed by atoms with Crippen LogP contribution in [0, 0.1) is 6.92 Å². The van der Waals surface area contributed by atoms with Gasteiger partial charge in [-0.25, -0.2) is 9.48 Å². The van der Waals surface area contributed by atoms with Crippen LogP contribution in [-0.4, -0.2) is 28.0 Å². The normalized spacial score (nSPS) is 11.4. The largest absolute Gasteiger partial charge is 0.505 e. The molecule has 104 valence electrons. The number of hydrogen-bond donors (Lipinski definition) is 1. The van der Waals surface area contributed by atoms with Gasteiger partial charge in [0.1, 0.15) is 11.5 Å². The van der Waals surface area contributed by atoms with Crippen LogP contribution in [-0.2, 0) is 9.53 Å². The Kier molecular flexibility index (Phi) is 4.10. The zero-order chi connectivity index (χ0) is 14.7. The second-order valence-electron chi connectivity index (χ2n) is 4.12. The number of hydrogen-bond acceptors (Lipinski definition) is 4. The number of rotatable bonds is 3. The Labute approximate surface area is 121 Å². The van der Waals surface area contributed by atoms with E-state index in [1.165, 1.54) is 11.8 Å². The number of halogens is 1. The van der Waals surface area contributed by atoms with Gasteiger partial charge in [0.25, 0.3) is 0 Å². The SMILES string of the molecule is COC(=O)C=C(O)c1c(C)cnn1-c1ccc(Cl)cc1. The highest BCUT2D eigenvalue weighted by Crippen LogP contribution is 2.21. The third kappa shape index (κ3) is 2.83. The number of carbonyl (C=O) groups excluding carboxylic acids is 1. The Hall–Kier alpha value is -2.27. The number of aromatic nitrogens is 2. The van der Waals surface area contributed by atoms with Crippen molar-refractivity contribution in [3.8, 4) is 5.69 Å². The molecule has 5 nitrogen and oxygen atoms in total. The summed E-state index contributed by atoms with van der Waals surface area (Å²) in [6.07, 6.45) is 2.61. The molecule has 0 aliphatic rings. The molecular weight excluding hydrogens is 280 g/mol. The zero-order valence-corrected chi connectivity index (χ0v) is 11.8. The Balaban J connectivity index is 2.49. The van der Waals surface area contributed by atoms with Gasteiger partial charge in [0.05, 0.1) is 25.1 Å². The Morgan fingerprint density at radius 2 is 2.05 bits per heavy atom. The predicted octanol–water partition coefficient (Wildman–Crippen LogP) is 2.91. The smallest absolute Gasteiger partial charge is 0.334 e. The molecule has 2 rings (SSSR count). The minimum absolute atomic E-state index is 0.207. The number of nitrogens with zero attached hydrogens (tertiary/aromatic N) is 2. The van der Waals surface area contributed by atoms with Crippen molar-refractivity contribution in [3.63, 3.8) is 0 Å². The van der Waals surface area contributed by atoms with E-state index in [1.54, 1.807) is 37.4 Å². The van der Waals surface area contributed by atoms with Crippen molar-refractivity contribution >= 4 is 23.3 Å². The van der Waals surface area contributed by atoms with Crippen molar-refractivity contribution in [3.05, 3.63) is 52.8 Å². The highest BCUT2D eigenvalue weighted by molar-refractivity contribution is 6.30. The van der Waals surface area contributed by atoms with Gasteiger partial charge in [0, 0.05) is 5.02 Å². The van der Waals surface area contributed by atoms with E-state index in [-0.39, 0.29) is 5.76 Å². The molecule has 0 aliphatic carbocycles. The van der Waals surface area contributed by atoms with E-state index in [4.69, 9.17) is 11.6 Å². The highest BCUT2D eigenvalue weighted by Gasteiger charge is 2.14. The molecule has 0 unspecified atom stereocenters. The minimum Gasteiger partial charge on any atom is -0.505 e. The number of aliphatic hydroxyl groups is 1. The summed E-state index contributed by atoms with van der Waals surface area (Å²) in [6.45, 7) is 1.79. The molecule has 0 bridgehead atoms. The number of benzene rings is 1. The quantitative estimate of drug-likeness (QED) is 0.537. The van der Waals surface area contributed by atoms with E-state index < -0.39 is 5.97 Å². The summed E-state index contributed by atoms with van der Waals surface area (Å²) in [6, 6.07) is 6.98. The lowest BCUT2D eigenvalue weighted by Crippen LogP contribution is -2.04. The number of aryl methyl sites for hydroxylation is 1. The van der Waals surface area contributed by atoms with E-state index in [0.717, 1.165) is 17.3 Å². The maximum Gasteiger partial charge on any atom is 0.334 e. The van der Waals surface area contributed by atoms with Crippen molar-refractivity contribution in [1.29, 1.82) is 0 Å². The fourth-order valence-electron chi connectivity index (χ4n) is 1.76. The van der Waals surface area contributed by atoms with Gasteiger partial charge in [0.2, 0.25) is 0 Å². The monoisotopic (exact) mass is 292 g/mol. The molecule has 2 aromatic rings. The van der Waals surface area contributed by atoms with E-state index >= 15 is 0 Å². The van der Waals surface area contributed by atoms with Crippen molar-refractivity contribution < 1.29 is 14.6 Å². The van der Waals surface area contributed by atoms with Gasteiger partial charge in [0.15, 0.2) is 0 Å². The van der Waals surface area contributed by atoms with Gasteiger partial charge in [-0.2, -0.15) is 5.10 Å². The van der Waals surface area contributed by atoms with Crippen LogP contribution < -0.4 is 0 Å². The summed E-state index contributed by atoms with van der Waals surface area (Å²) in [5.74, 6) is -0.840. The summed E-state index contributed by atoms with van der Waals surface area (Å²) in [4.78, 5) is 11.2. The molecule has 1 aromatic carbocycles. The Bertz CT molecular complexity index is 660. The fourth-order valence-corrected chi connectivity index (χ4v) is 1.88. The number of esters is 1. The topological polar surface area (TPSA) is 64.3 Å². The van der Waals surface area contributed by atoms with Gasteiger partial charge in [-0.1, -0.05) is 11.6 Å². The molecule has 20 heavy (non-hydrogen) atoms. The number of methoxy groups -OCH3 is 1. The van der Waals surface area contributed by atoms with Gasteiger partial charge >= 0.3 is 5.97 Å². The lowest BCUT2D eigenvalue weighted by molar-refractivity contribution is -0.134. The molecule has 0 saturated heterocycles. The first-order valence-electron chi connectivity index (χ1n) is 5.82. The van der Waals surface area contributed by atoms with Crippen LogP contribution in [0.25, 0.3) is 11.4 Å². The third-order valence-corrected chi connectivity index (χ3v) is 2.97. The van der Waals surface area contributed by atoms with Crippen LogP contribution in [0.5, 0.6) is 0 Å². The maximum atomic E-state index is 11.2. The molecule has 1 N–H and O–H groups in total. The summed E-state index contributed by atoms with van der Waals surface area (Å²) < 4.78 is 6.03. The summed E-state index contributed by atoms with van der Waals surface area (Å²) in [5, 5.41) is 14.9. The third-order valence-electron chi connectivity index (χ3n) is 2.72. The molecule has 0 aliphatic heterocycles. The second-order valence-corrected chi connectivity index (χ2v) is 4.55. The Morgan fingerprint density at radius 3 is 2.65 bits per heavy atom. The number of carbonyl (C=O) groups is 1. The van der Waals surface area contributed by atoms with Gasteiger partial charge in [-0.15, -0.1) is 0 Å². The van der Waals surface area contributed by atoms with E-state index in [2.05, 4.69) is 9.84 Å². The van der Waals surface area contributed by atoms with Crippen LogP contribution in [0.2, 0.25) is 5.02 Å². The first kappa shape index (κ1) is 14.1. The van der Waals surface area contributed by atoms with Crippen molar-refractivity contribution in [2.45, 2.75) is 6.92 Å². The average molecular weight is 293 g/mol. The summed E-state index contributed by atoms with van der Waals surface area (Å²) >= 11 is 5.84. The van der Waals surface area contributed by atoms with E-state index in [9.17, 15) is 9.90 Å². The van der Waals surface area contributed by atoms with Crippen LogP contribution in [0.15, 0.2) is 36.5 Å². The second kappa shape index (κ2) is 5.79. The fraction of sp³-hybridized carbons (Fsp3) is 0.143. The molecule has 0 radical (unpaired) electrons. The van der Waals surface area contributed by atoms with Crippen LogP contribution in [0.3, 0.4) is 0 Å². The first-order valence-corrected chi connectivity index (χ1v) is 6.20. The standard InChI is InChI=1S/C14H13ClN2O3/c1-9-8-16-17(11-5-3-10(15)4-6-11)14(9)12(18)7-13(19)20-2/h3-8,18H,1-2H3. The molecule has 6 heteroatoms. The van der Waals surface area contributed by atoms with E-state index in [1.807, 2.05) is 0 Å². The molecule has 1 heterocycles. The molecular formula is C14H13ClN2O3. The van der Waals surface area contributed by atoms with Crippen molar-refractivity contribution in [2.75, 3.05) is 7.11 Å². The molecule has 0 amide bonds. The minimum atomic E-state index is -0.634. The number of ether oxygens (including phenoxy) is 1. The van der Waals surface area contributed by atoms with Gasteiger partial charge in [-0.3, -0.25) is 0 Å². The number of aliphatic hydroxyl groups excluding tert-OH is 1. The molecule has 0 fully saturated rings. The lowest BCUT2D eigenvalue weighted by atomic mass is 10.2. The first-order chi connectivity index (χ1) is 9.52. The van der Waals surface area contributed by atoms with E-state index in [0.29, 0.717) is 10.7 Å². The molecule has 0 atom stereocenters. The van der Waals surface area contributed by atoms with Crippen molar-refractivity contribution in [1.82, 2.24) is 9.78 Å².